The lowest BCUT2D eigenvalue weighted by atomic mass is 9.97. The molecule has 1 N–H and O–H groups in total. The number of carbonyl (C=O) groups excluding carboxylic acids is 1. The van der Waals surface area contributed by atoms with Gasteiger partial charge in [-0.3, -0.25) is 4.79 Å². The minimum absolute atomic E-state index is 0.0259. The summed E-state index contributed by atoms with van der Waals surface area (Å²) in [5.41, 5.74) is 2.35. The quantitative estimate of drug-likeness (QED) is 0.468. The van der Waals surface area contributed by atoms with Crippen LogP contribution in [0.1, 0.15) is 28.4 Å². The highest BCUT2D eigenvalue weighted by atomic mass is 79.9. The minimum Gasteiger partial charge on any atom is -0.497 e. The first-order valence-electron chi connectivity index (χ1n) is 8.50. The summed E-state index contributed by atoms with van der Waals surface area (Å²) in [4.78, 5) is 12.8. The molecule has 0 heterocycles. The van der Waals surface area contributed by atoms with E-state index in [1.165, 1.54) is 12.1 Å². The molecule has 0 aliphatic heterocycles. The van der Waals surface area contributed by atoms with Crippen LogP contribution < -0.4 is 10.1 Å². The number of ketones is 1. The number of hydrogen-bond acceptors (Lipinski definition) is 3. The predicted octanol–water partition coefficient (Wildman–Crippen LogP) is 6.02. The molecule has 3 nitrogen and oxygen atoms in total. The van der Waals surface area contributed by atoms with E-state index in [9.17, 15) is 9.18 Å². The van der Waals surface area contributed by atoms with Crippen molar-refractivity contribution in [3.8, 4) is 5.75 Å². The molecule has 3 rings (SSSR count). The van der Waals surface area contributed by atoms with Crippen molar-refractivity contribution < 1.29 is 13.9 Å². The Labute approximate surface area is 166 Å². The molecule has 3 aromatic carbocycles. The van der Waals surface area contributed by atoms with Crippen molar-refractivity contribution in [2.24, 2.45) is 0 Å². The Bertz CT molecular complexity index is 893. The third-order valence-electron chi connectivity index (χ3n) is 4.26. The van der Waals surface area contributed by atoms with Gasteiger partial charge in [-0.15, -0.1) is 0 Å². The van der Waals surface area contributed by atoms with Crippen molar-refractivity contribution in [2.45, 2.75) is 12.5 Å². The van der Waals surface area contributed by atoms with E-state index in [4.69, 9.17) is 4.74 Å². The summed E-state index contributed by atoms with van der Waals surface area (Å²) in [5.74, 6) is 0.476. The van der Waals surface area contributed by atoms with Gasteiger partial charge in [0.15, 0.2) is 5.78 Å². The van der Waals surface area contributed by atoms with Gasteiger partial charge in [-0.25, -0.2) is 4.39 Å². The van der Waals surface area contributed by atoms with Crippen LogP contribution in [0, 0.1) is 5.82 Å². The van der Waals surface area contributed by atoms with Crippen molar-refractivity contribution in [1.29, 1.82) is 0 Å². The highest BCUT2D eigenvalue weighted by Gasteiger charge is 2.18. The fourth-order valence-electron chi connectivity index (χ4n) is 2.77. The average Bonchev–Trinajstić information content (AvgIpc) is 2.69. The number of carbonyl (C=O) groups is 1. The van der Waals surface area contributed by atoms with Crippen LogP contribution in [-0.4, -0.2) is 12.9 Å². The third kappa shape index (κ3) is 5.17. The van der Waals surface area contributed by atoms with Gasteiger partial charge in [-0.1, -0.05) is 40.2 Å². The Morgan fingerprint density at radius 1 is 1.00 bits per heavy atom. The summed E-state index contributed by atoms with van der Waals surface area (Å²) in [5, 5.41) is 3.33. The van der Waals surface area contributed by atoms with E-state index in [-0.39, 0.29) is 24.1 Å². The number of hydrogen-bond donors (Lipinski definition) is 1. The fraction of sp³-hybridized carbons (Fsp3) is 0.136. The van der Waals surface area contributed by atoms with Crippen LogP contribution >= 0.6 is 15.9 Å². The summed E-state index contributed by atoms with van der Waals surface area (Å²) < 4.78 is 19.3. The zero-order chi connectivity index (χ0) is 19.2. The van der Waals surface area contributed by atoms with Crippen LogP contribution in [-0.2, 0) is 0 Å². The molecule has 0 aliphatic rings. The van der Waals surface area contributed by atoms with Crippen molar-refractivity contribution in [2.75, 3.05) is 12.4 Å². The normalized spacial score (nSPS) is 11.7. The molecule has 0 aliphatic carbocycles. The Hall–Kier alpha value is -2.66. The summed E-state index contributed by atoms with van der Waals surface area (Å²) >= 11 is 3.38. The molecule has 0 radical (unpaired) electrons. The number of benzene rings is 3. The van der Waals surface area contributed by atoms with Gasteiger partial charge in [-0.05, 0) is 54.1 Å². The van der Waals surface area contributed by atoms with Crippen molar-refractivity contribution in [1.82, 2.24) is 0 Å². The van der Waals surface area contributed by atoms with Crippen molar-refractivity contribution in [3.63, 3.8) is 0 Å². The maximum atomic E-state index is 13.2. The van der Waals surface area contributed by atoms with Crippen LogP contribution in [0.4, 0.5) is 10.1 Å². The number of nitrogens with one attached hydrogen (secondary N) is 1. The zero-order valence-electron chi connectivity index (χ0n) is 14.8. The van der Waals surface area contributed by atoms with Crippen molar-refractivity contribution in [3.05, 3.63) is 94.2 Å². The second-order valence-electron chi connectivity index (χ2n) is 6.11. The fourth-order valence-corrected chi connectivity index (χ4v) is 3.04. The smallest absolute Gasteiger partial charge is 0.165 e. The Morgan fingerprint density at radius 3 is 2.22 bits per heavy atom. The summed E-state index contributed by atoms with van der Waals surface area (Å²) in [6.45, 7) is 0. The van der Waals surface area contributed by atoms with E-state index in [0.717, 1.165) is 21.5 Å². The van der Waals surface area contributed by atoms with E-state index >= 15 is 0 Å². The first kappa shape index (κ1) is 19.1. The van der Waals surface area contributed by atoms with Crippen LogP contribution in [0.25, 0.3) is 0 Å². The summed E-state index contributed by atoms with van der Waals surface area (Å²) in [6.07, 6.45) is 0.269. The number of halogens is 2. The van der Waals surface area contributed by atoms with E-state index in [1.54, 1.807) is 31.4 Å². The van der Waals surface area contributed by atoms with Gasteiger partial charge < -0.3 is 10.1 Å². The Morgan fingerprint density at radius 2 is 1.63 bits per heavy atom. The first-order chi connectivity index (χ1) is 13.0. The summed E-state index contributed by atoms with van der Waals surface area (Å²) in [7, 11) is 1.61. The monoisotopic (exact) mass is 427 g/mol. The number of Topliss-reactive ketones (excluding diaryl/α,β-unsaturated/α-hetero) is 1. The molecule has 0 saturated carbocycles. The molecule has 1 unspecified atom stereocenters. The second-order valence-corrected chi connectivity index (χ2v) is 7.03. The average molecular weight is 428 g/mol. The Kier molecular flexibility index (Phi) is 6.24. The second kappa shape index (κ2) is 8.82. The molecule has 0 fully saturated rings. The predicted molar refractivity (Wildman–Crippen MR) is 109 cm³/mol. The number of methoxy groups -OCH3 is 1. The van der Waals surface area contributed by atoms with Gasteiger partial charge >= 0.3 is 0 Å². The highest BCUT2D eigenvalue weighted by Crippen LogP contribution is 2.26. The molecule has 0 amide bonds. The van der Waals surface area contributed by atoms with Crippen molar-refractivity contribution >= 4 is 27.4 Å². The molecular formula is C22H19BrFNO2. The number of rotatable bonds is 7. The van der Waals surface area contributed by atoms with Crippen LogP contribution in [0.15, 0.2) is 77.3 Å². The number of ether oxygens (including phenoxy) is 1. The maximum absolute atomic E-state index is 13.2. The molecule has 3 aromatic rings. The van der Waals surface area contributed by atoms with Crippen LogP contribution in [0.5, 0.6) is 5.75 Å². The SMILES string of the molecule is COc1ccc(C(CC(=O)c2ccc(Br)cc2)Nc2ccc(F)cc2)cc1. The molecular weight excluding hydrogens is 409 g/mol. The molecule has 0 spiro atoms. The summed E-state index contributed by atoms with van der Waals surface area (Å²) in [6, 6.07) is 20.7. The van der Waals surface area contributed by atoms with Gasteiger partial charge in [0, 0.05) is 22.1 Å². The van der Waals surface area contributed by atoms with E-state index in [1.807, 2.05) is 36.4 Å². The highest BCUT2D eigenvalue weighted by molar-refractivity contribution is 9.10. The molecule has 0 aromatic heterocycles. The van der Waals surface area contributed by atoms with Crippen LogP contribution in [0.3, 0.4) is 0 Å². The minimum atomic E-state index is -0.299. The van der Waals surface area contributed by atoms with E-state index in [2.05, 4.69) is 21.2 Å². The standard InChI is InChI=1S/C22H19BrFNO2/c1-27-20-12-4-15(5-13-20)21(25-19-10-8-18(24)9-11-19)14-22(26)16-2-6-17(23)7-3-16/h2-13,21,25H,14H2,1H3. The lowest BCUT2D eigenvalue weighted by Crippen LogP contribution is -2.16. The maximum Gasteiger partial charge on any atom is 0.165 e. The third-order valence-corrected chi connectivity index (χ3v) is 4.79. The van der Waals surface area contributed by atoms with E-state index in [0.29, 0.717) is 5.56 Å². The molecule has 138 valence electrons. The largest absolute Gasteiger partial charge is 0.497 e. The molecule has 5 heteroatoms. The topological polar surface area (TPSA) is 38.3 Å². The molecule has 0 saturated heterocycles. The van der Waals surface area contributed by atoms with Gasteiger partial charge in [0.25, 0.3) is 0 Å². The molecule has 1 atom stereocenters. The first-order valence-corrected chi connectivity index (χ1v) is 9.29. The lowest BCUT2D eigenvalue weighted by Gasteiger charge is -2.20. The van der Waals surface area contributed by atoms with Gasteiger partial charge in [0.2, 0.25) is 0 Å². The molecule has 27 heavy (non-hydrogen) atoms. The van der Waals surface area contributed by atoms with Crippen LogP contribution in [0.2, 0.25) is 0 Å². The zero-order valence-corrected chi connectivity index (χ0v) is 16.4. The van der Waals surface area contributed by atoms with E-state index < -0.39 is 0 Å². The number of anilines is 1. The van der Waals surface area contributed by atoms with Gasteiger partial charge in [-0.2, -0.15) is 0 Å². The molecule has 0 bridgehead atoms. The van der Waals surface area contributed by atoms with Gasteiger partial charge in [0.05, 0.1) is 13.2 Å². The van der Waals surface area contributed by atoms with Gasteiger partial charge in [0.1, 0.15) is 11.6 Å². The Balaban J connectivity index is 1.84. The lowest BCUT2D eigenvalue weighted by molar-refractivity contribution is 0.0976.